The van der Waals surface area contributed by atoms with Crippen LogP contribution >= 0.6 is 0 Å². The Morgan fingerprint density at radius 2 is 1.81 bits per heavy atom. The lowest BCUT2D eigenvalue weighted by Crippen LogP contribution is -2.21. The molecule has 5 aromatic rings. The zero-order chi connectivity index (χ0) is 37.6. The Morgan fingerprint density at radius 1 is 1.06 bits per heavy atom. The smallest absolute Gasteiger partial charge is 0.253 e. The fourth-order valence-electron chi connectivity index (χ4n) is 7.35. The number of aromatic nitrogens is 7. The molecule has 7 rings (SSSR count). The number of nitrogens with zero attached hydrogens (tertiary/aromatic N) is 8. The number of allylic oxidation sites excluding steroid dienone is 7. The largest absolute Gasteiger partial charge is 0.480 e. The number of hydrogen-bond donors (Lipinski definition) is 0. The average Bonchev–Trinajstić information content (AvgIpc) is 3.65. The fraction of sp³-hybridized carbons (Fsp3) is 0.372. The zero-order valence-corrected chi connectivity index (χ0v) is 32.3. The third-order valence-electron chi connectivity index (χ3n) is 10.5. The van der Waals surface area contributed by atoms with E-state index in [4.69, 9.17) is 19.8 Å². The zero-order valence-electron chi connectivity index (χ0n) is 32.3. The number of methoxy groups -OCH3 is 1. The van der Waals surface area contributed by atoms with E-state index in [0.29, 0.717) is 23.3 Å². The quantitative estimate of drug-likeness (QED) is 0.136. The van der Waals surface area contributed by atoms with Gasteiger partial charge < -0.3 is 14.2 Å². The SMILES string of the molecule is CCC(C)C1C=CC=C(c2nc(-c3cc4cn(C)nc4nc3C(C)C)n(C)c2C2CC2)/C1=C/C=C/c1cn(-c2ccc(C(=O)N(C)C)cc2)nc1OC. The second kappa shape index (κ2) is 14.5. The lowest BCUT2D eigenvalue weighted by Gasteiger charge is -2.27. The van der Waals surface area contributed by atoms with Gasteiger partial charge in [0, 0.05) is 80.2 Å². The molecule has 1 amide bonds. The number of benzene rings is 1. The summed E-state index contributed by atoms with van der Waals surface area (Å²) in [5, 5.41) is 10.3. The molecule has 0 radical (unpaired) electrons. The lowest BCUT2D eigenvalue weighted by atomic mass is 9.77. The second-order valence-electron chi connectivity index (χ2n) is 14.9. The van der Waals surface area contributed by atoms with E-state index in [1.54, 1.807) is 30.8 Å². The highest BCUT2D eigenvalue weighted by atomic mass is 16.5. The molecule has 1 fully saturated rings. The third kappa shape index (κ3) is 6.90. The van der Waals surface area contributed by atoms with Gasteiger partial charge in [-0.05, 0) is 66.7 Å². The molecule has 0 spiro atoms. The van der Waals surface area contributed by atoms with Crippen LogP contribution in [0.3, 0.4) is 0 Å². The van der Waals surface area contributed by atoms with Crippen molar-refractivity contribution < 1.29 is 9.53 Å². The number of pyridine rings is 1. The van der Waals surface area contributed by atoms with Gasteiger partial charge in [-0.2, -0.15) is 5.10 Å². The topological polar surface area (TPSA) is 95.9 Å². The Labute approximate surface area is 312 Å². The van der Waals surface area contributed by atoms with Crippen molar-refractivity contribution in [3.05, 3.63) is 107 Å². The minimum atomic E-state index is -0.0392. The predicted molar refractivity (Wildman–Crippen MR) is 212 cm³/mol. The van der Waals surface area contributed by atoms with Crippen molar-refractivity contribution in [1.29, 1.82) is 0 Å². The van der Waals surface area contributed by atoms with E-state index in [9.17, 15) is 4.79 Å². The van der Waals surface area contributed by atoms with Crippen LogP contribution in [0.5, 0.6) is 5.88 Å². The van der Waals surface area contributed by atoms with Gasteiger partial charge in [-0.3, -0.25) is 9.48 Å². The van der Waals surface area contributed by atoms with Gasteiger partial charge in [0.25, 0.3) is 5.91 Å². The lowest BCUT2D eigenvalue weighted by molar-refractivity contribution is 0.0827. The fourth-order valence-corrected chi connectivity index (χ4v) is 7.35. The number of carbonyl (C=O) groups is 1. The Morgan fingerprint density at radius 3 is 2.47 bits per heavy atom. The van der Waals surface area contributed by atoms with E-state index in [2.05, 4.69) is 86.9 Å². The maximum atomic E-state index is 12.4. The first kappa shape index (κ1) is 35.9. The molecule has 0 aliphatic heterocycles. The van der Waals surface area contributed by atoms with Gasteiger partial charge in [-0.25, -0.2) is 14.6 Å². The van der Waals surface area contributed by atoms with Crippen molar-refractivity contribution in [1.82, 2.24) is 39.0 Å². The van der Waals surface area contributed by atoms with Crippen LogP contribution in [-0.4, -0.2) is 66.1 Å². The third-order valence-corrected chi connectivity index (χ3v) is 10.5. The number of carbonyl (C=O) groups excluding carboxylic acids is 1. The van der Waals surface area contributed by atoms with Crippen molar-refractivity contribution >= 4 is 28.6 Å². The summed E-state index contributed by atoms with van der Waals surface area (Å²) in [6.45, 7) is 8.96. The van der Waals surface area contributed by atoms with Crippen molar-refractivity contribution in [2.75, 3.05) is 21.2 Å². The van der Waals surface area contributed by atoms with Crippen LogP contribution in [0.2, 0.25) is 0 Å². The standard InChI is InChI=1S/C43H50N8O2/c1-10-27(4)33-14-12-16-35(34(33)15-11-13-30-25-51(47-42(30)53-9)32-21-19-29(20-22-32)43(52)48(5)6)38-39(28-17-18-28)50(8)41(45-38)36-23-31-24-49(7)46-40(31)44-37(36)26(2)3/h11-16,19-28,33H,10,17-18H2,1-9H3/b13-11+,34-15+. The van der Waals surface area contributed by atoms with Crippen LogP contribution in [0.1, 0.15) is 91.8 Å². The van der Waals surface area contributed by atoms with E-state index < -0.39 is 0 Å². The summed E-state index contributed by atoms with van der Waals surface area (Å²) in [5.41, 5.74) is 9.94. The maximum Gasteiger partial charge on any atom is 0.253 e. The number of amides is 1. The summed E-state index contributed by atoms with van der Waals surface area (Å²) in [6.07, 6.45) is 20.6. The molecule has 10 nitrogen and oxygen atoms in total. The van der Waals surface area contributed by atoms with Crippen LogP contribution in [-0.2, 0) is 14.1 Å². The molecule has 1 saturated carbocycles. The number of aryl methyl sites for hydroxylation is 1. The minimum Gasteiger partial charge on any atom is -0.480 e. The molecule has 4 aromatic heterocycles. The molecule has 2 atom stereocenters. The molecular weight excluding hydrogens is 661 g/mol. The monoisotopic (exact) mass is 710 g/mol. The summed E-state index contributed by atoms with van der Waals surface area (Å²) in [5.74, 6) is 2.79. The Hall–Kier alpha value is -5.51. The maximum absolute atomic E-state index is 12.4. The van der Waals surface area contributed by atoms with Gasteiger partial charge in [0.2, 0.25) is 5.88 Å². The number of imidazole rings is 1. The number of fused-ring (bicyclic) bond motifs is 1. The number of hydrogen-bond acceptors (Lipinski definition) is 6. The summed E-state index contributed by atoms with van der Waals surface area (Å²) < 4.78 is 11.6. The van der Waals surface area contributed by atoms with Gasteiger partial charge in [0.05, 0.1) is 29.7 Å². The summed E-state index contributed by atoms with van der Waals surface area (Å²) >= 11 is 0. The molecule has 53 heavy (non-hydrogen) atoms. The highest BCUT2D eigenvalue weighted by Gasteiger charge is 2.35. The van der Waals surface area contributed by atoms with E-state index >= 15 is 0 Å². The first-order chi connectivity index (χ1) is 25.5. The molecule has 2 aliphatic carbocycles. The minimum absolute atomic E-state index is 0.0392. The number of rotatable bonds is 11. The van der Waals surface area contributed by atoms with Gasteiger partial charge in [0.15, 0.2) is 5.65 Å². The van der Waals surface area contributed by atoms with Crippen molar-refractivity contribution in [2.24, 2.45) is 25.9 Å². The van der Waals surface area contributed by atoms with Gasteiger partial charge in [-0.15, -0.1) is 5.10 Å². The highest BCUT2D eigenvalue weighted by Crippen LogP contribution is 2.48. The first-order valence-electron chi connectivity index (χ1n) is 18.6. The molecule has 274 valence electrons. The molecule has 0 bridgehead atoms. The van der Waals surface area contributed by atoms with Gasteiger partial charge >= 0.3 is 0 Å². The van der Waals surface area contributed by atoms with Crippen molar-refractivity contribution in [3.8, 4) is 23.0 Å². The van der Waals surface area contributed by atoms with Crippen molar-refractivity contribution in [2.45, 2.75) is 58.8 Å². The summed E-state index contributed by atoms with van der Waals surface area (Å²) in [6, 6.07) is 9.65. The van der Waals surface area contributed by atoms with Gasteiger partial charge in [0.1, 0.15) is 5.82 Å². The molecule has 2 aliphatic rings. The molecule has 2 unspecified atom stereocenters. The Bertz CT molecular complexity index is 2290. The van der Waals surface area contributed by atoms with Crippen molar-refractivity contribution in [3.63, 3.8) is 0 Å². The van der Waals surface area contributed by atoms with E-state index in [1.807, 2.05) is 48.4 Å². The van der Waals surface area contributed by atoms with Crippen LogP contribution in [0.15, 0.2) is 78.7 Å². The summed E-state index contributed by atoms with van der Waals surface area (Å²) in [4.78, 5) is 24.5. The summed E-state index contributed by atoms with van der Waals surface area (Å²) in [7, 11) is 9.25. The van der Waals surface area contributed by atoms with E-state index in [0.717, 1.165) is 64.3 Å². The second-order valence-corrected chi connectivity index (χ2v) is 14.9. The van der Waals surface area contributed by atoms with Crippen LogP contribution in [0.25, 0.3) is 39.8 Å². The predicted octanol–water partition coefficient (Wildman–Crippen LogP) is 8.52. The molecule has 0 saturated heterocycles. The van der Waals surface area contributed by atoms with E-state index in [-0.39, 0.29) is 17.7 Å². The van der Waals surface area contributed by atoms with Crippen LogP contribution in [0, 0.1) is 11.8 Å². The Kier molecular flexibility index (Phi) is 9.81. The van der Waals surface area contributed by atoms with E-state index in [1.165, 1.54) is 16.8 Å². The Balaban J connectivity index is 1.28. The van der Waals surface area contributed by atoms with Crippen LogP contribution < -0.4 is 4.74 Å². The normalized spacial score (nSPS) is 17.4. The van der Waals surface area contributed by atoms with Crippen LogP contribution in [0.4, 0.5) is 0 Å². The molecule has 10 heteroatoms. The molecule has 0 N–H and O–H groups in total. The average molecular weight is 711 g/mol. The molecule has 4 heterocycles. The molecule has 1 aromatic carbocycles. The highest BCUT2D eigenvalue weighted by molar-refractivity contribution is 5.94. The van der Waals surface area contributed by atoms with Gasteiger partial charge in [-0.1, -0.05) is 64.5 Å². The number of ether oxygens (including phenoxy) is 1. The first-order valence-corrected chi connectivity index (χ1v) is 18.6. The molecular formula is C43H50N8O2.